The molecule has 0 aromatic heterocycles. The Bertz CT molecular complexity index is 403. The highest BCUT2D eigenvalue weighted by atomic mass is 16.3. The summed E-state index contributed by atoms with van der Waals surface area (Å²) in [6, 6.07) is 2.46. The van der Waals surface area contributed by atoms with Crippen molar-refractivity contribution >= 4 is 5.91 Å². The van der Waals surface area contributed by atoms with Gasteiger partial charge in [-0.15, -0.1) is 0 Å². The first-order valence-electron chi connectivity index (χ1n) is 7.49. The number of nitrogens with zero attached hydrogens (tertiary/aromatic N) is 4. The number of carbonyl (C=O) groups is 1. The first-order valence-corrected chi connectivity index (χ1v) is 7.49. The van der Waals surface area contributed by atoms with Crippen molar-refractivity contribution in [2.45, 2.75) is 45.4 Å². The molecule has 1 aliphatic rings. The Morgan fingerprint density at radius 1 is 1.52 bits per heavy atom. The third kappa shape index (κ3) is 4.95. The molecule has 0 radical (unpaired) electrons. The highest BCUT2D eigenvalue weighted by Gasteiger charge is 2.30. The van der Waals surface area contributed by atoms with Crippen LogP contribution in [-0.2, 0) is 4.79 Å². The number of amides is 1. The third-order valence-electron chi connectivity index (χ3n) is 4.19. The summed E-state index contributed by atoms with van der Waals surface area (Å²) in [6.45, 7) is 10.9. The van der Waals surface area contributed by atoms with Crippen molar-refractivity contribution in [3.8, 4) is 6.07 Å². The van der Waals surface area contributed by atoms with E-state index < -0.39 is 5.54 Å². The number of rotatable bonds is 5. The van der Waals surface area contributed by atoms with Crippen molar-refractivity contribution in [1.82, 2.24) is 14.7 Å². The van der Waals surface area contributed by atoms with Crippen molar-refractivity contribution in [3.63, 3.8) is 0 Å². The molecule has 0 aliphatic carbocycles. The molecule has 2 atom stereocenters. The lowest BCUT2D eigenvalue weighted by molar-refractivity contribution is -0.135. The zero-order valence-corrected chi connectivity index (χ0v) is 13.8. The van der Waals surface area contributed by atoms with Gasteiger partial charge in [0.2, 0.25) is 5.91 Å². The Morgan fingerprint density at radius 2 is 2.14 bits per heavy atom. The van der Waals surface area contributed by atoms with Gasteiger partial charge in [0, 0.05) is 39.3 Å². The number of piperazine rings is 1. The normalized spacial score (nSPS) is 22.6. The van der Waals surface area contributed by atoms with Gasteiger partial charge in [-0.2, -0.15) is 5.26 Å². The fourth-order valence-electron chi connectivity index (χ4n) is 2.51. The summed E-state index contributed by atoms with van der Waals surface area (Å²) in [4.78, 5) is 18.1. The van der Waals surface area contributed by atoms with Gasteiger partial charge in [-0.3, -0.25) is 14.6 Å². The number of aliphatic hydroxyl groups excluding tert-OH is 1. The Labute approximate surface area is 127 Å². The van der Waals surface area contributed by atoms with E-state index >= 15 is 0 Å². The van der Waals surface area contributed by atoms with E-state index in [-0.39, 0.29) is 12.0 Å². The van der Waals surface area contributed by atoms with E-state index in [1.165, 1.54) is 4.90 Å². The third-order valence-corrected chi connectivity index (χ3v) is 4.19. The molecule has 1 amide bonds. The van der Waals surface area contributed by atoms with Gasteiger partial charge in [-0.05, 0) is 27.7 Å². The van der Waals surface area contributed by atoms with Crippen LogP contribution in [0.15, 0.2) is 0 Å². The summed E-state index contributed by atoms with van der Waals surface area (Å²) in [7, 11) is 1.68. The van der Waals surface area contributed by atoms with Gasteiger partial charge in [-0.1, -0.05) is 0 Å². The summed E-state index contributed by atoms with van der Waals surface area (Å²) in [5.41, 5.74) is -0.781. The van der Waals surface area contributed by atoms with E-state index in [2.05, 4.69) is 22.8 Å². The lowest BCUT2D eigenvalue weighted by Crippen LogP contribution is -2.56. The van der Waals surface area contributed by atoms with Crippen molar-refractivity contribution in [2.75, 3.05) is 39.8 Å². The topological polar surface area (TPSA) is 70.8 Å². The molecule has 1 aliphatic heterocycles. The monoisotopic (exact) mass is 296 g/mol. The molecular formula is C15H28N4O2. The van der Waals surface area contributed by atoms with E-state index in [1.54, 1.807) is 27.8 Å². The largest absolute Gasteiger partial charge is 0.392 e. The minimum atomic E-state index is -0.781. The van der Waals surface area contributed by atoms with Crippen LogP contribution in [0.1, 0.15) is 27.7 Å². The summed E-state index contributed by atoms with van der Waals surface area (Å²) in [5.74, 6) is -0.0299. The summed E-state index contributed by atoms with van der Waals surface area (Å²) >= 11 is 0. The molecule has 1 fully saturated rings. The van der Waals surface area contributed by atoms with Crippen LogP contribution in [0.5, 0.6) is 0 Å². The minimum Gasteiger partial charge on any atom is -0.392 e. The number of likely N-dealkylation sites (N-methyl/N-ethyl adjacent to an activating group) is 1. The first kappa shape index (κ1) is 17.9. The molecule has 0 bridgehead atoms. The van der Waals surface area contributed by atoms with Crippen LogP contribution in [0.3, 0.4) is 0 Å². The zero-order valence-electron chi connectivity index (χ0n) is 13.8. The molecule has 0 spiro atoms. The second kappa shape index (κ2) is 7.21. The van der Waals surface area contributed by atoms with Gasteiger partial charge in [0.15, 0.2) is 0 Å². The van der Waals surface area contributed by atoms with Crippen LogP contribution >= 0.6 is 0 Å². The second-order valence-electron chi connectivity index (χ2n) is 6.55. The summed E-state index contributed by atoms with van der Waals surface area (Å²) in [6.07, 6.45) is -0.330. The molecule has 1 saturated heterocycles. The first-order chi connectivity index (χ1) is 9.67. The maximum absolute atomic E-state index is 12.3. The highest BCUT2D eigenvalue weighted by Crippen LogP contribution is 2.13. The Kier molecular flexibility index (Phi) is 6.14. The van der Waals surface area contributed by atoms with Gasteiger partial charge in [0.05, 0.1) is 18.7 Å². The van der Waals surface area contributed by atoms with Crippen LogP contribution in [0, 0.1) is 11.3 Å². The van der Waals surface area contributed by atoms with Crippen LogP contribution in [0.25, 0.3) is 0 Å². The second-order valence-corrected chi connectivity index (χ2v) is 6.55. The Morgan fingerprint density at radius 3 is 2.62 bits per heavy atom. The van der Waals surface area contributed by atoms with Crippen molar-refractivity contribution in [1.29, 1.82) is 5.26 Å². The van der Waals surface area contributed by atoms with Crippen molar-refractivity contribution < 1.29 is 9.90 Å². The molecule has 0 aromatic carbocycles. The van der Waals surface area contributed by atoms with E-state index in [4.69, 9.17) is 5.26 Å². The van der Waals surface area contributed by atoms with Gasteiger partial charge in [0.25, 0.3) is 0 Å². The molecule has 0 saturated carbocycles. The Hall–Kier alpha value is -1.16. The van der Waals surface area contributed by atoms with Crippen LogP contribution < -0.4 is 0 Å². The number of hydrogen-bond acceptors (Lipinski definition) is 5. The molecule has 6 nitrogen and oxygen atoms in total. The van der Waals surface area contributed by atoms with Crippen molar-refractivity contribution in [2.24, 2.45) is 0 Å². The Balaban J connectivity index is 2.52. The van der Waals surface area contributed by atoms with Gasteiger partial charge < -0.3 is 10.0 Å². The molecule has 21 heavy (non-hydrogen) atoms. The van der Waals surface area contributed by atoms with Crippen LogP contribution in [0.2, 0.25) is 0 Å². The number of hydrogen-bond donors (Lipinski definition) is 1. The quantitative estimate of drug-likeness (QED) is 0.781. The molecule has 1 heterocycles. The number of aliphatic hydroxyl groups is 1. The average molecular weight is 296 g/mol. The predicted molar refractivity (Wildman–Crippen MR) is 81.6 cm³/mol. The molecule has 1 rings (SSSR count). The standard InChI is InChI=1S/C15H28N4O2/c1-12-8-18(6-7-19(12)9-13(2)20)10-14(21)17(5)15(3,4)11-16/h12-13,20H,6-10H2,1-5H3/t12-,13+/m1/s1. The zero-order chi connectivity index (χ0) is 16.2. The van der Waals surface area contributed by atoms with E-state index in [9.17, 15) is 9.90 Å². The van der Waals surface area contributed by atoms with Crippen LogP contribution in [0.4, 0.5) is 0 Å². The van der Waals surface area contributed by atoms with Gasteiger partial charge in [0.1, 0.15) is 5.54 Å². The smallest absolute Gasteiger partial charge is 0.237 e. The summed E-state index contributed by atoms with van der Waals surface area (Å²) in [5, 5.41) is 18.6. The number of nitriles is 1. The fraction of sp³-hybridized carbons (Fsp3) is 0.867. The fourth-order valence-corrected chi connectivity index (χ4v) is 2.51. The molecule has 1 N–H and O–H groups in total. The summed E-state index contributed by atoms with van der Waals surface area (Å²) < 4.78 is 0. The van der Waals surface area contributed by atoms with Crippen molar-refractivity contribution in [3.05, 3.63) is 0 Å². The molecular weight excluding hydrogens is 268 g/mol. The molecule has 0 unspecified atom stereocenters. The molecule has 120 valence electrons. The SMILES string of the molecule is C[C@H](O)CN1CCN(CC(=O)N(C)C(C)(C)C#N)C[C@H]1C. The van der Waals surface area contributed by atoms with Gasteiger partial charge in [-0.25, -0.2) is 0 Å². The minimum absolute atomic E-state index is 0.0299. The lowest BCUT2D eigenvalue weighted by Gasteiger charge is -2.41. The van der Waals surface area contributed by atoms with E-state index in [0.29, 0.717) is 19.1 Å². The van der Waals surface area contributed by atoms with Gasteiger partial charge >= 0.3 is 0 Å². The van der Waals surface area contributed by atoms with E-state index in [1.807, 2.05) is 0 Å². The number of β-amino-alcohol motifs (C(OH)–C–C–N with tert-alkyl or cyclic N) is 1. The lowest BCUT2D eigenvalue weighted by atomic mass is 10.1. The highest BCUT2D eigenvalue weighted by molar-refractivity contribution is 5.79. The average Bonchev–Trinajstić information content (AvgIpc) is 2.40. The maximum atomic E-state index is 12.3. The van der Waals surface area contributed by atoms with Crippen LogP contribution in [-0.4, -0.2) is 83.2 Å². The molecule has 6 heteroatoms. The number of carbonyl (C=O) groups excluding carboxylic acids is 1. The molecule has 0 aromatic rings. The maximum Gasteiger partial charge on any atom is 0.237 e. The predicted octanol–water partition coefficient (Wildman–Crippen LogP) is 0.134. The van der Waals surface area contributed by atoms with E-state index in [0.717, 1.165) is 19.6 Å².